The van der Waals surface area contributed by atoms with Crippen LogP contribution in [0.5, 0.6) is 0 Å². The molecule has 19 heavy (non-hydrogen) atoms. The van der Waals surface area contributed by atoms with Crippen LogP contribution in [-0.4, -0.2) is 31.1 Å². The van der Waals surface area contributed by atoms with Crippen LogP contribution in [0.25, 0.3) is 10.4 Å². The Morgan fingerprint density at radius 2 is 1.79 bits per heavy atom. The van der Waals surface area contributed by atoms with E-state index in [0.717, 1.165) is 38.3 Å². The second-order valence-electron chi connectivity index (χ2n) is 4.80. The number of nitrogens with zero attached hydrogens (tertiary/aromatic N) is 1. The maximum absolute atomic E-state index is 12.9. The molecule has 0 atom stereocenters. The molecular formula is C15H17FN2S. The van der Waals surface area contributed by atoms with Crippen LogP contribution in [0.1, 0.15) is 4.88 Å². The molecule has 1 aromatic heterocycles. The minimum atomic E-state index is -0.179. The van der Waals surface area contributed by atoms with Gasteiger partial charge < -0.3 is 5.32 Å². The molecule has 1 aromatic carbocycles. The average molecular weight is 276 g/mol. The molecule has 1 aliphatic heterocycles. The molecule has 1 N–H and O–H groups in total. The summed E-state index contributed by atoms with van der Waals surface area (Å²) in [7, 11) is 0. The summed E-state index contributed by atoms with van der Waals surface area (Å²) in [6.45, 7) is 5.41. The Balaban J connectivity index is 1.70. The van der Waals surface area contributed by atoms with Crippen LogP contribution in [-0.2, 0) is 6.54 Å². The highest BCUT2D eigenvalue weighted by Gasteiger charge is 2.11. The number of rotatable bonds is 3. The zero-order chi connectivity index (χ0) is 13.1. The molecule has 0 saturated carbocycles. The van der Waals surface area contributed by atoms with E-state index in [1.165, 1.54) is 21.9 Å². The molecule has 0 unspecified atom stereocenters. The van der Waals surface area contributed by atoms with Gasteiger partial charge in [0.2, 0.25) is 0 Å². The lowest BCUT2D eigenvalue weighted by atomic mass is 10.2. The third kappa shape index (κ3) is 3.21. The third-order valence-corrected chi connectivity index (χ3v) is 4.50. The lowest BCUT2D eigenvalue weighted by Crippen LogP contribution is -2.42. The molecule has 3 rings (SSSR count). The summed E-state index contributed by atoms with van der Waals surface area (Å²) < 4.78 is 12.9. The maximum Gasteiger partial charge on any atom is 0.123 e. The molecule has 2 aromatic rings. The smallest absolute Gasteiger partial charge is 0.123 e. The van der Waals surface area contributed by atoms with Crippen molar-refractivity contribution in [2.75, 3.05) is 26.2 Å². The highest BCUT2D eigenvalue weighted by Crippen LogP contribution is 2.28. The van der Waals surface area contributed by atoms with Gasteiger partial charge in [-0.05, 0) is 29.8 Å². The van der Waals surface area contributed by atoms with Crippen molar-refractivity contribution in [3.8, 4) is 10.4 Å². The van der Waals surface area contributed by atoms with Gasteiger partial charge in [-0.3, -0.25) is 4.90 Å². The minimum Gasteiger partial charge on any atom is -0.314 e. The molecular weight excluding hydrogens is 259 g/mol. The van der Waals surface area contributed by atoms with E-state index < -0.39 is 0 Å². The summed E-state index contributed by atoms with van der Waals surface area (Å²) in [6.07, 6.45) is 0. The summed E-state index contributed by atoms with van der Waals surface area (Å²) >= 11 is 1.80. The first kappa shape index (κ1) is 12.8. The van der Waals surface area contributed by atoms with Crippen LogP contribution in [0, 0.1) is 5.82 Å². The first-order chi connectivity index (χ1) is 9.31. The Bertz CT molecular complexity index is 529. The number of nitrogens with one attached hydrogen (secondary N) is 1. The fourth-order valence-corrected chi connectivity index (χ4v) is 3.38. The molecule has 1 aliphatic rings. The summed E-state index contributed by atoms with van der Waals surface area (Å²) in [5.74, 6) is -0.179. The van der Waals surface area contributed by atoms with Gasteiger partial charge in [0, 0.05) is 42.5 Å². The standard InChI is InChI=1S/C15H17FN2S/c16-13-3-1-12(2-4-13)15-6-5-14(19-15)11-18-9-7-17-8-10-18/h1-6,17H,7-11H2. The highest BCUT2D eigenvalue weighted by atomic mass is 32.1. The normalized spacial score (nSPS) is 16.7. The molecule has 2 nitrogen and oxygen atoms in total. The monoisotopic (exact) mass is 276 g/mol. The van der Waals surface area contributed by atoms with Crippen molar-refractivity contribution in [2.24, 2.45) is 0 Å². The number of hydrogen-bond acceptors (Lipinski definition) is 3. The number of hydrogen-bond donors (Lipinski definition) is 1. The van der Waals surface area contributed by atoms with Crippen LogP contribution >= 0.6 is 11.3 Å². The van der Waals surface area contributed by atoms with Crippen LogP contribution < -0.4 is 5.32 Å². The van der Waals surface area contributed by atoms with Crippen molar-refractivity contribution in [1.82, 2.24) is 10.2 Å². The van der Waals surface area contributed by atoms with E-state index in [9.17, 15) is 4.39 Å². The van der Waals surface area contributed by atoms with Crippen molar-refractivity contribution < 1.29 is 4.39 Å². The Kier molecular flexibility index (Phi) is 3.92. The lowest BCUT2D eigenvalue weighted by Gasteiger charge is -2.26. The first-order valence-corrected chi connectivity index (χ1v) is 7.41. The number of piperazine rings is 1. The van der Waals surface area contributed by atoms with Crippen molar-refractivity contribution in [3.63, 3.8) is 0 Å². The van der Waals surface area contributed by atoms with Gasteiger partial charge in [-0.2, -0.15) is 0 Å². The lowest BCUT2D eigenvalue weighted by molar-refractivity contribution is 0.235. The van der Waals surface area contributed by atoms with Gasteiger partial charge in [-0.1, -0.05) is 12.1 Å². The number of thiophene rings is 1. The SMILES string of the molecule is Fc1ccc(-c2ccc(CN3CCNCC3)s2)cc1. The number of halogens is 1. The van der Waals surface area contributed by atoms with Gasteiger partial charge in [-0.15, -0.1) is 11.3 Å². The maximum atomic E-state index is 12.9. The Labute approximate surface area is 116 Å². The van der Waals surface area contributed by atoms with Crippen molar-refractivity contribution in [3.05, 3.63) is 47.1 Å². The molecule has 4 heteroatoms. The van der Waals surface area contributed by atoms with E-state index in [0.29, 0.717) is 0 Å². The van der Waals surface area contributed by atoms with Crippen LogP contribution in [0.4, 0.5) is 4.39 Å². The molecule has 0 amide bonds. The summed E-state index contributed by atoms with van der Waals surface area (Å²) in [5.41, 5.74) is 1.10. The summed E-state index contributed by atoms with van der Waals surface area (Å²) in [5, 5.41) is 3.36. The van der Waals surface area contributed by atoms with E-state index in [2.05, 4.69) is 22.3 Å². The average Bonchev–Trinajstić information content (AvgIpc) is 2.89. The topological polar surface area (TPSA) is 15.3 Å². The van der Waals surface area contributed by atoms with Gasteiger partial charge in [0.05, 0.1) is 0 Å². The molecule has 1 saturated heterocycles. The fraction of sp³-hybridized carbons (Fsp3) is 0.333. The van der Waals surface area contributed by atoms with Gasteiger partial charge in [-0.25, -0.2) is 4.39 Å². The Hall–Kier alpha value is -1.23. The Morgan fingerprint density at radius 3 is 2.53 bits per heavy atom. The minimum absolute atomic E-state index is 0.179. The van der Waals surface area contributed by atoms with Crippen LogP contribution in [0.3, 0.4) is 0 Å². The second-order valence-corrected chi connectivity index (χ2v) is 5.97. The highest BCUT2D eigenvalue weighted by molar-refractivity contribution is 7.15. The molecule has 0 aliphatic carbocycles. The molecule has 2 heterocycles. The van der Waals surface area contributed by atoms with Gasteiger partial charge in [0.1, 0.15) is 5.82 Å². The Morgan fingerprint density at radius 1 is 1.05 bits per heavy atom. The predicted molar refractivity (Wildman–Crippen MR) is 77.9 cm³/mol. The molecule has 0 spiro atoms. The van der Waals surface area contributed by atoms with Gasteiger partial charge >= 0.3 is 0 Å². The van der Waals surface area contributed by atoms with Crippen molar-refractivity contribution in [2.45, 2.75) is 6.54 Å². The van der Waals surface area contributed by atoms with E-state index in [1.807, 2.05) is 12.1 Å². The molecule has 1 fully saturated rings. The first-order valence-electron chi connectivity index (χ1n) is 6.59. The predicted octanol–water partition coefficient (Wildman–Crippen LogP) is 2.96. The van der Waals surface area contributed by atoms with E-state index in [4.69, 9.17) is 0 Å². The van der Waals surface area contributed by atoms with E-state index in [1.54, 1.807) is 11.3 Å². The third-order valence-electron chi connectivity index (χ3n) is 3.38. The van der Waals surface area contributed by atoms with Gasteiger partial charge in [0.25, 0.3) is 0 Å². The van der Waals surface area contributed by atoms with Crippen molar-refractivity contribution >= 4 is 11.3 Å². The molecule has 0 bridgehead atoms. The second kappa shape index (κ2) is 5.82. The van der Waals surface area contributed by atoms with Gasteiger partial charge in [0.15, 0.2) is 0 Å². The number of benzene rings is 1. The molecule has 100 valence electrons. The van der Waals surface area contributed by atoms with Crippen LogP contribution in [0.15, 0.2) is 36.4 Å². The van der Waals surface area contributed by atoms with Crippen molar-refractivity contribution in [1.29, 1.82) is 0 Å². The largest absolute Gasteiger partial charge is 0.314 e. The van der Waals surface area contributed by atoms with E-state index >= 15 is 0 Å². The fourth-order valence-electron chi connectivity index (χ4n) is 2.32. The van der Waals surface area contributed by atoms with E-state index in [-0.39, 0.29) is 5.82 Å². The quantitative estimate of drug-likeness (QED) is 0.927. The summed E-state index contributed by atoms with van der Waals surface area (Å²) in [4.78, 5) is 5.06. The van der Waals surface area contributed by atoms with Crippen LogP contribution in [0.2, 0.25) is 0 Å². The summed E-state index contributed by atoms with van der Waals surface area (Å²) in [6, 6.07) is 11.0. The zero-order valence-corrected chi connectivity index (χ0v) is 11.5. The zero-order valence-electron chi connectivity index (χ0n) is 10.7. The molecule has 0 radical (unpaired) electrons.